The van der Waals surface area contributed by atoms with Gasteiger partial charge in [-0.1, -0.05) is 24.0 Å². The molecule has 0 radical (unpaired) electrons. The number of thiocarbonyl (C=S) groups is 1. The van der Waals surface area contributed by atoms with Gasteiger partial charge in [-0.25, -0.2) is 9.59 Å². The molecule has 0 aliphatic carbocycles. The van der Waals surface area contributed by atoms with E-state index in [9.17, 15) is 32.7 Å². The lowest BCUT2D eigenvalue weighted by molar-refractivity contribution is -0.148. The molecule has 3 rings (SSSR count). The van der Waals surface area contributed by atoms with Crippen LogP contribution >= 0.6 is 51.7 Å². The molecule has 1 aromatic carbocycles. The van der Waals surface area contributed by atoms with Crippen LogP contribution in [0.1, 0.15) is 23.7 Å². The first-order valence-electron chi connectivity index (χ1n) is 9.34. The van der Waals surface area contributed by atoms with E-state index < -0.39 is 46.8 Å². The average molecular weight is 585 g/mol. The Hall–Kier alpha value is -1.77. The number of amides is 1. The topological polar surface area (TPSA) is 95.9 Å². The minimum Gasteiger partial charge on any atom is -0.477 e. The number of β-lactam (4-membered cyclic amide) rings is 1. The number of nitrogens with one attached hydrogen (secondary N) is 1. The van der Waals surface area contributed by atoms with Gasteiger partial charge in [0.2, 0.25) is 0 Å². The normalized spacial score (nSPS) is 20.2. The van der Waals surface area contributed by atoms with Crippen molar-refractivity contribution >= 4 is 74.5 Å². The van der Waals surface area contributed by atoms with E-state index in [1.54, 1.807) is 25.1 Å². The highest BCUT2D eigenvalue weighted by atomic mass is 79.9. The van der Waals surface area contributed by atoms with Crippen LogP contribution in [0.25, 0.3) is 0 Å². The summed E-state index contributed by atoms with van der Waals surface area (Å²) in [4.78, 5) is 38.0. The first-order chi connectivity index (χ1) is 15.4. The maximum atomic E-state index is 12.6. The summed E-state index contributed by atoms with van der Waals surface area (Å²) in [5.41, 5.74) is 0.0927. The van der Waals surface area contributed by atoms with Gasteiger partial charge in [-0.15, -0.1) is 11.8 Å². The third-order valence-electron chi connectivity index (χ3n) is 4.49. The molecule has 1 saturated heterocycles. The van der Waals surface area contributed by atoms with Crippen molar-refractivity contribution in [3.63, 3.8) is 0 Å². The van der Waals surface area contributed by atoms with Crippen molar-refractivity contribution in [3.05, 3.63) is 38.8 Å². The molecule has 2 heterocycles. The smallest absolute Gasteiger partial charge is 0.395 e. The summed E-state index contributed by atoms with van der Waals surface area (Å²) in [5, 5.41) is 11.5. The van der Waals surface area contributed by atoms with Crippen LogP contribution in [0.15, 0.2) is 38.2 Å². The summed E-state index contributed by atoms with van der Waals surface area (Å²) in [6, 6.07) is 3.70. The summed E-state index contributed by atoms with van der Waals surface area (Å²) in [7, 11) is 0. The molecule has 7 nitrogen and oxygen atoms in total. The molecule has 2 N–H and O–H groups in total. The van der Waals surface area contributed by atoms with Crippen molar-refractivity contribution in [2.45, 2.75) is 35.8 Å². The molecule has 2 atom stereocenters. The van der Waals surface area contributed by atoms with Crippen LogP contribution in [0, 0.1) is 0 Å². The third-order valence-corrected chi connectivity index (χ3v) is 8.29. The second-order valence-corrected chi connectivity index (χ2v) is 10.4. The zero-order chi connectivity index (χ0) is 24.5. The number of halogens is 4. The van der Waals surface area contributed by atoms with Crippen molar-refractivity contribution in [1.29, 1.82) is 0 Å². The first-order valence-corrected chi connectivity index (χ1v) is 12.4. The van der Waals surface area contributed by atoms with E-state index in [4.69, 9.17) is 17.0 Å². The van der Waals surface area contributed by atoms with Crippen molar-refractivity contribution in [2.24, 2.45) is 0 Å². The lowest BCUT2D eigenvalue weighted by Gasteiger charge is -2.49. The molecule has 1 amide bonds. The van der Waals surface area contributed by atoms with Crippen LogP contribution in [-0.2, 0) is 14.3 Å². The second-order valence-electron chi connectivity index (χ2n) is 6.79. The monoisotopic (exact) mass is 584 g/mol. The third kappa shape index (κ3) is 5.84. The number of carboxylic acid groups (broad SMARTS) is 1. The molecular weight excluding hydrogens is 569 g/mol. The number of hydrogen-bond donors (Lipinski definition) is 2. The Morgan fingerprint density at radius 2 is 2.12 bits per heavy atom. The van der Waals surface area contributed by atoms with Crippen LogP contribution in [0.4, 0.5) is 13.2 Å². The van der Waals surface area contributed by atoms with Crippen LogP contribution in [0.5, 0.6) is 0 Å². The number of hydrogen-bond acceptors (Lipinski definition) is 7. The van der Waals surface area contributed by atoms with Crippen LogP contribution < -0.4 is 5.32 Å². The number of aliphatic carboxylic acids is 1. The number of rotatable bonds is 7. The SMILES string of the molecule is CCOC(=O)c1ccc(SC2=C(C(=O)O)N3C(=O)[C@@H](NC(=S)CC(F)(F)F)[C@@H]3SC2)c(Br)c1. The largest absolute Gasteiger partial charge is 0.477 e. The number of ether oxygens (including phenoxy) is 1. The number of fused-ring (bicyclic) bond motifs is 1. The average Bonchev–Trinajstić information content (AvgIpc) is 2.71. The zero-order valence-electron chi connectivity index (χ0n) is 16.8. The Labute approximate surface area is 208 Å². The molecule has 0 spiro atoms. The minimum atomic E-state index is -4.51. The number of thioether (sulfide) groups is 2. The molecule has 178 valence electrons. The standard InChI is InChI=1S/C19H16BrF3N2O5S3/c1-2-30-18(29)8-3-4-10(9(20)5-8)33-11-7-32-16-13(24-12(31)6-19(21,22)23)15(26)25(16)14(11)17(27)28/h3-5,13,16H,2,6-7H2,1H3,(H,24,31)(H,27,28)/t13-,16+/m1/s1. The van der Waals surface area contributed by atoms with Crippen LogP contribution in [0.2, 0.25) is 0 Å². The minimum absolute atomic E-state index is 0.219. The van der Waals surface area contributed by atoms with Gasteiger partial charge in [0.1, 0.15) is 17.1 Å². The summed E-state index contributed by atoms with van der Waals surface area (Å²) >= 11 is 10.4. The Morgan fingerprint density at radius 3 is 2.70 bits per heavy atom. The number of benzene rings is 1. The molecule has 0 unspecified atom stereocenters. The van der Waals surface area contributed by atoms with Crippen molar-refractivity contribution in [1.82, 2.24) is 10.2 Å². The van der Waals surface area contributed by atoms with Gasteiger partial charge >= 0.3 is 18.1 Å². The highest BCUT2D eigenvalue weighted by Crippen LogP contribution is 2.46. The van der Waals surface area contributed by atoms with Gasteiger partial charge in [0.15, 0.2) is 0 Å². The number of carbonyl (C=O) groups excluding carboxylic acids is 2. The molecule has 0 saturated carbocycles. The second kappa shape index (κ2) is 10.2. The van der Waals surface area contributed by atoms with E-state index in [1.165, 1.54) is 11.8 Å². The highest BCUT2D eigenvalue weighted by molar-refractivity contribution is 9.10. The Morgan fingerprint density at radius 1 is 1.42 bits per heavy atom. The Bertz CT molecular complexity index is 1050. The van der Waals surface area contributed by atoms with Crippen LogP contribution in [-0.4, -0.2) is 62.8 Å². The zero-order valence-corrected chi connectivity index (χ0v) is 20.8. The van der Waals surface area contributed by atoms with Crippen molar-refractivity contribution in [3.8, 4) is 0 Å². The van der Waals surface area contributed by atoms with Gasteiger partial charge in [-0.05, 0) is 41.1 Å². The predicted molar refractivity (Wildman–Crippen MR) is 124 cm³/mol. The molecule has 2 aliphatic heterocycles. The van der Waals surface area contributed by atoms with E-state index in [0.717, 1.165) is 16.7 Å². The molecule has 33 heavy (non-hydrogen) atoms. The fourth-order valence-electron chi connectivity index (χ4n) is 3.13. The maximum Gasteiger partial charge on any atom is 0.395 e. The van der Waals surface area contributed by atoms with Gasteiger partial charge < -0.3 is 15.2 Å². The van der Waals surface area contributed by atoms with E-state index >= 15 is 0 Å². The van der Waals surface area contributed by atoms with E-state index in [-0.39, 0.29) is 18.1 Å². The van der Waals surface area contributed by atoms with Gasteiger partial charge in [0, 0.05) is 20.0 Å². The fourth-order valence-corrected chi connectivity index (χ4v) is 6.52. The summed E-state index contributed by atoms with van der Waals surface area (Å²) < 4.78 is 43.1. The van der Waals surface area contributed by atoms with Gasteiger partial charge in [-0.3, -0.25) is 9.69 Å². The first kappa shape index (κ1) is 25.8. The summed E-state index contributed by atoms with van der Waals surface area (Å²) in [6.07, 6.45) is -5.87. The molecular formula is C19H16BrF3N2O5S3. The molecule has 1 fully saturated rings. The van der Waals surface area contributed by atoms with E-state index in [0.29, 0.717) is 19.8 Å². The number of esters is 1. The van der Waals surface area contributed by atoms with Crippen molar-refractivity contribution < 1.29 is 37.4 Å². The fraction of sp³-hybridized carbons (Fsp3) is 0.368. The van der Waals surface area contributed by atoms with Crippen molar-refractivity contribution in [2.75, 3.05) is 12.4 Å². The predicted octanol–water partition coefficient (Wildman–Crippen LogP) is 4.17. The summed E-state index contributed by atoms with van der Waals surface area (Å²) in [6.45, 7) is 1.91. The quantitative estimate of drug-likeness (QED) is 0.278. The molecule has 1 aromatic rings. The van der Waals surface area contributed by atoms with E-state index in [2.05, 4.69) is 21.2 Å². The molecule has 0 aromatic heterocycles. The molecule has 14 heteroatoms. The lowest BCUT2D eigenvalue weighted by atomic mass is 10.0. The van der Waals surface area contributed by atoms with E-state index in [1.807, 2.05) is 0 Å². The molecule has 2 aliphatic rings. The van der Waals surface area contributed by atoms with Gasteiger partial charge in [-0.2, -0.15) is 13.2 Å². The highest BCUT2D eigenvalue weighted by Gasteiger charge is 2.54. The Kier molecular flexibility index (Phi) is 8.02. The van der Waals surface area contributed by atoms with Gasteiger partial charge in [0.05, 0.1) is 23.6 Å². The molecule has 0 bridgehead atoms. The number of alkyl halides is 3. The number of carboxylic acids is 1. The number of carbonyl (C=O) groups is 3. The van der Waals surface area contributed by atoms with Crippen LogP contribution in [0.3, 0.4) is 0 Å². The Balaban J connectivity index is 1.79. The number of nitrogens with zero attached hydrogens (tertiary/aromatic N) is 1. The maximum absolute atomic E-state index is 12.6. The summed E-state index contributed by atoms with van der Waals surface area (Å²) in [5.74, 6) is -2.27. The van der Waals surface area contributed by atoms with Gasteiger partial charge in [0.25, 0.3) is 5.91 Å². The lowest BCUT2D eigenvalue weighted by Crippen LogP contribution is -2.70.